The summed E-state index contributed by atoms with van der Waals surface area (Å²) in [7, 11) is -4.11. The highest BCUT2D eigenvalue weighted by Gasteiger charge is 2.23. The third kappa shape index (κ3) is 3.43. The molecule has 0 bridgehead atoms. The molecule has 1 aromatic heterocycles. The third-order valence-corrected chi connectivity index (χ3v) is 5.15. The van der Waals surface area contributed by atoms with Gasteiger partial charge < -0.3 is 5.11 Å². The summed E-state index contributed by atoms with van der Waals surface area (Å²) in [5.74, 6) is -2.45. The van der Waals surface area contributed by atoms with Crippen LogP contribution in [-0.4, -0.2) is 24.5 Å². The van der Waals surface area contributed by atoms with E-state index in [9.17, 15) is 17.6 Å². The third-order valence-electron chi connectivity index (χ3n) is 2.62. The Labute approximate surface area is 124 Å². The molecular formula is C12H11FN2O4S2. The number of nitrogens with one attached hydrogen (secondary N) is 1. The fourth-order valence-corrected chi connectivity index (χ4v) is 3.63. The van der Waals surface area contributed by atoms with Crippen LogP contribution in [0.2, 0.25) is 0 Å². The van der Waals surface area contributed by atoms with Crippen molar-refractivity contribution < 1.29 is 22.7 Å². The van der Waals surface area contributed by atoms with Crippen molar-refractivity contribution in [3.8, 4) is 0 Å². The Hall–Kier alpha value is -1.84. The molecule has 9 heteroatoms. The number of hydrogen-bond donors (Lipinski definition) is 2. The van der Waals surface area contributed by atoms with E-state index in [0.29, 0.717) is 11.1 Å². The quantitative estimate of drug-likeness (QED) is 0.874. The lowest BCUT2D eigenvalue weighted by molar-refractivity contribution is 0.0696. The molecule has 0 saturated heterocycles. The molecule has 0 fully saturated rings. The van der Waals surface area contributed by atoms with Gasteiger partial charge in [0.05, 0.1) is 11.6 Å². The predicted octanol–water partition coefficient (Wildman–Crippen LogP) is 2.02. The molecule has 0 aliphatic heterocycles. The average molecular weight is 330 g/mol. The second-order valence-electron chi connectivity index (χ2n) is 4.16. The molecule has 1 atom stereocenters. The number of halogens is 1. The minimum Gasteiger partial charge on any atom is -0.478 e. The summed E-state index contributed by atoms with van der Waals surface area (Å²) < 4.78 is 40.3. The van der Waals surface area contributed by atoms with Crippen LogP contribution >= 0.6 is 11.3 Å². The second-order valence-corrected chi connectivity index (χ2v) is 6.77. The van der Waals surface area contributed by atoms with Gasteiger partial charge in [0.1, 0.15) is 15.7 Å². The summed E-state index contributed by atoms with van der Waals surface area (Å²) in [6.45, 7) is 1.58. The van der Waals surface area contributed by atoms with Crippen LogP contribution in [-0.2, 0) is 10.0 Å². The molecule has 0 saturated carbocycles. The van der Waals surface area contributed by atoms with Crippen molar-refractivity contribution in [1.82, 2.24) is 9.71 Å². The van der Waals surface area contributed by atoms with E-state index in [2.05, 4.69) is 9.71 Å². The number of carboxylic acid groups (broad SMARTS) is 1. The molecule has 1 aromatic carbocycles. The second kappa shape index (κ2) is 5.88. The Morgan fingerprint density at radius 2 is 2.19 bits per heavy atom. The van der Waals surface area contributed by atoms with Gasteiger partial charge in [-0.25, -0.2) is 27.3 Å². The number of aromatic nitrogens is 1. The van der Waals surface area contributed by atoms with Gasteiger partial charge in [-0.2, -0.15) is 0 Å². The van der Waals surface area contributed by atoms with Gasteiger partial charge in [-0.1, -0.05) is 0 Å². The largest absolute Gasteiger partial charge is 0.478 e. The zero-order chi connectivity index (χ0) is 15.6. The van der Waals surface area contributed by atoms with Crippen LogP contribution in [0.5, 0.6) is 0 Å². The Kier molecular flexibility index (Phi) is 4.35. The lowest BCUT2D eigenvalue weighted by Crippen LogP contribution is -2.27. The summed E-state index contributed by atoms with van der Waals surface area (Å²) in [5, 5.41) is 11.0. The smallest absolute Gasteiger partial charge is 0.335 e. The molecule has 6 nitrogen and oxygen atoms in total. The van der Waals surface area contributed by atoms with Crippen LogP contribution < -0.4 is 4.72 Å². The fraction of sp³-hybridized carbons (Fsp3) is 0.167. The van der Waals surface area contributed by atoms with E-state index < -0.39 is 32.7 Å². The topological polar surface area (TPSA) is 96.4 Å². The number of carbonyl (C=O) groups is 1. The van der Waals surface area contributed by atoms with Gasteiger partial charge in [-0.05, 0) is 25.1 Å². The number of benzene rings is 1. The Bertz CT molecular complexity index is 760. The minimum absolute atomic E-state index is 0.320. The van der Waals surface area contributed by atoms with Gasteiger partial charge in [0, 0.05) is 11.6 Å². The zero-order valence-corrected chi connectivity index (χ0v) is 12.4. The molecule has 2 N–H and O–H groups in total. The Balaban J connectivity index is 2.29. The fourth-order valence-electron chi connectivity index (χ4n) is 1.65. The summed E-state index contributed by atoms with van der Waals surface area (Å²) in [5.41, 5.74) is -0.320. The van der Waals surface area contributed by atoms with Gasteiger partial charge in [-0.15, -0.1) is 11.3 Å². The standard InChI is InChI=1S/C12H11FN2O4S2/c1-7(11-14-4-5-20-11)15-21(18,19)10-3-2-8(12(16)17)6-9(10)13/h2-7,15H,1H3,(H,16,17). The lowest BCUT2D eigenvalue weighted by atomic mass is 10.2. The van der Waals surface area contributed by atoms with Gasteiger partial charge in [-0.3, -0.25) is 0 Å². The van der Waals surface area contributed by atoms with E-state index in [4.69, 9.17) is 5.11 Å². The predicted molar refractivity (Wildman–Crippen MR) is 74.2 cm³/mol. The number of hydrogen-bond acceptors (Lipinski definition) is 5. The van der Waals surface area contributed by atoms with Gasteiger partial charge in [0.25, 0.3) is 0 Å². The summed E-state index contributed by atoms with van der Waals surface area (Å²) >= 11 is 1.27. The monoisotopic (exact) mass is 330 g/mol. The van der Waals surface area contributed by atoms with Crippen LogP contribution in [0.1, 0.15) is 28.3 Å². The molecule has 112 valence electrons. The number of thiazole rings is 1. The molecule has 21 heavy (non-hydrogen) atoms. The van der Waals surface area contributed by atoms with Crippen LogP contribution in [0.3, 0.4) is 0 Å². The van der Waals surface area contributed by atoms with Crippen molar-refractivity contribution in [3.05, 3.63) is 46.2 Å². The summed E-state index contributed by atoms with van der Waals surface area (Å²) in [6, 6.07) is 2.02. The van der Waals surface area contributed by atoms with E-state index in [0.717, 1.165) is 12.1 Å². The highest BCUT2D eigenvalue weighted by molar-refractivity contribution is 7.89. The number of carboxylic acids is 1. The molecule has 0 aliphatic carbocycles. The number of aromatic carboxylic acids is 1. The molecule has 0 radical (unpaired) electrons. The molecule has 2 rings (SSSR count). The average Bonchev–Trinajstić information content (AvgIpc) is 2.91. The van der Waals surface area contributed by atoms with Gasteiger partial charge >= 0.3 is 5.97 Å². The maximum atomic E-state index is 13.8. The first-order chi connectivity index (χ1) is 9.81. The molecule has 0 spiro atoms. The van der Waals surface area contributed by atoms with E-state index >= 15 is 0 Å². The Morgan fingerprint density at radius 3 is 2.71 bits per heavy atom. The summed E-state index contributed by atoms with van der Waals surface area (Å²) in [6.07, 6.45) is 1.53. The van der Waals surface area contributed by atoms with Gasteiger partial charge in [0.15, 0.2) is 0 Å². The van der Waals surface area contributed by atoms with E-state index in [-0.39, 0.29) is 5.56 Å². The molecule has 0 amide bonds. The van der Waals surface area contributed by atoms with Crippen LogP contribution in [0.15, 0.2) is 34.7 Å². The van der Waals surface area contributed by atoms with E-state index in [1.165, 1.54) is 17.5 Å². The highest BCUT2D eigenvalue weighted by atomic mass is 32.2. The maximum Gasteiger partial charge on any atom is 0.335 e. The first-order valence-corrected chi connectivity index (χ1v) is 8.12. The van der Waals surface area contributed by atoms with Crippen LogP contribution in [0.4, 0.5) is 4.39 Å². The van der Waals surface area contributed by atoms with Crippen molar-refractivity contribution in [2.24, 2.45) is 0 Å². The van der Waals surface area contributed by atoms with Crippen LogP contribution in [0, 0.1) is 5.82 Å². The van der Waals surface area contributed by atoms with Crippen LogP contribution in [0.25, 0.3) is 0 Å². The normalized spacial score (nSPS) is 13.0. The molecule has 0 aliphatic rings. The SMILES string of the molecule is CC(NS(=O)(=O)c1ccc(C(=O)O)cc1F)c1nccs1. The molecule has 1 unspecified atom stereocenters. The molecule has 1 heterocycles. The van der Waals surface area contributed by atoms with E-state index in [1.807, 2.05) is 0 Å². The zero-order valence-electron chi connectivity index (χ0n) is 10.8. The van der Waals surface area contributed by atoms with Crippen molar-refractivity contribution in [2.75, 3.05) is 0 Å². The molecule has 2 aromatic rings. The van der Waals surface area contributed by atoms with Crippen molar-refractivity contribution >= 4 is 27.3 Å². The Morgan fingerprint density at radius 1 is 1.48 bits per heavy atom. The number of nitrogens with zero attached hydrogens (tertiary/aromatic N) is 1. The van der Waals surface area contributed by atoms with E-state index in [1.54, 1.807) is 12.3 Å². The summed E-state index contributed by atoms with van der Waals surface area (Å²) in [4.78, 5) is 14.1. The molecular weight excluding hydrogens is 319 g/mol. The van der Waals surface area contributed by atoms with Crippen molar-refractivity contribution in [3.63, 3.8) is 0 Å². The van der Waals surface area contributed by atoms with Crippen molar-refractivity contribution in [2.45, 2.75) is 17.9 Å². The van der Waals surface area contributed by atoms with Gasteiger partial charge in [0.2, 0.25) is 10.0 Å². The number of sulfonamides is 1. The first-order valence-electron chi connectivity index (χ1n) is 5.76. The first kappa shape index (κ1) is 15.5. The maximum absolute atomic E-state index is 13.8. The number of rotatable bonds is 5. The minimum atomic E-state index is -4.11. The van der Waals surface area contributed by atoms with Crippen molar-refractivity contribution in [1.29, 1.82) is 0 Å². The highest BCUT2D eigenvalue weighted by Crippen LogP contribution is 2.21. The lowest BCUT2D eigenvalue weighted by Gasteiger charge is -2.12.